The number of nitrogens with one attached hydrogen (secondary N) is 1. The Kier molecular flexibility index (Phi) is 4.18. The van der Waals surface area contributed by atoms with Gasteiger partial charge in [-0.3, -0.25) is 0 Å². The molecular formula is C14H21FN2O2S. The Morgan fingerprint density at radius 3 is 2.35 bits per heavy atom. The van der Waals surface area contributed by atoms with Crippen LogP contribution in [0.5, 0.6) is 0 Å². The van der Waals surface area contributed by atoms with Crippen LogP contribution in [-0.4, -0.2) is 37.9 Å². The minimum atomic E-state index is -3.60. The van der Waals surface area contributed by atoms with Gasteiger partial charge in [0.15, 0.2) is 0 Å². The van der Waals surface area contributed by atoms with E-state index in [4.69, 9.17) is 0 Å². The molecule has 1 aromatic rings. The second kappa shape index (κ2) is 5.42. The predicted octanol–water partition coefficient (Wildman–Crippen LogP) is 1.81. The van der Waals surface area contributed by atoms with Crippen molar-refractivity contribution in [2.75, 3.05) is 13.1 Å². The number of hydrogen-bond donors (Lipinski definition) is 1. The summed E-state index contributed by atoms with van der Waals surface area (Å²) in [5.41, 5.74) is 0.918. The maximum atomic E-state index is 13.4. The molecule has 1 aliphatic heterocycles. The van der Waals surface area contributed by atoms with E-state index in [2.05, 4.69) is 5.32 Å². The summed E-state index contributed by atoms with van der Waals surface area (Å²) in [6, 6.07) is 2.52. The summed E-state index contributed by atoms with van der Waals surface area (Å²) in [5, 5.41) is 3.26. The molecule has 0 aliphatic carbocycles. The molecule has 0 spiro atoms. The summed E-state index contributed by atoms with van der Waals surface area (Å²) in [7, 11) is -3.60. The molecule has 20 heavy (non-hydrogen) atoms. The smallest absolute Gasteiger partial charge is 0.243 e. The van der Waals surface area contributed by atoms with E-state index >= 15 is 0 Å². The highest BCUT2D eigenvalue weighted by molar-refractivity contribution is 7.89. The third kappa shape index (κ3) is 2.60. The molecule has 0 saturated carbocycles. The number of halogens is 1. The summed E-state index contributed by atoms with van der Waals surface area (Å²) in [6.45, 7) is 8.20. The van der Waals surface area contributed by atoms with Gasteiger partial charge in [-0.05, 0) is 51.0 Å². The lowest BCUT2D eigenvalue weighted by atomic mass is 10.1. The van der Waals surface area contributed by atoms with Gasteiger partial charge in [0, 0.05) is 25.2 Å². The molecule has 0 bridgehead atoms. The lowest BCUT2D eigenvalue weighted by molar-refractivity contribution is 0.232. The van der Waals surface area contributed by atoms with Crippen LogP contribution < -0.4 is 5.32 Å². The number of benzene rings is 1. The first-order valence-corrected chi connectivity index (χ1v) is 8.21. The molecule has 1 heterocycles. The predicted molar refractivity (Wildman–Crippen MR) is 76.7 cm³/mol. The highest BCUT2D eigenvalue weighted by atomic mass is 32.2. The summed E-state index contributed by atoms with van der Waals surface area (Å²) in [4.78, 5) is 0.236. The van der Waals surface area contributed by atoms with Crippen molar-refractivity contribution >= 4 is 10.0 Å². The Hall–Kier alpha value is -0.980. The molecule has 1 fully saturated rings. The minimum Gasteiger partial charge on any atom is -0.311 e. The van der Waals surface area contributed by atoms with Gasteiger partial charge in [-0.25, -0.2) is 12.8 Å². The molecule has 6 heteroatoms. The maximum absolute atomic E-state index is 13.4. The van der Waals surface area contributed by atoms with Crippen LogP contribution in [0.3, 0.4) is 0 Å². The number of aryl methyl sites for hydroxylation is 2. The van der Waals surface area contributed by atoms with Crippen LogP contribution in [0.4, 0.5) is 4.39 Å². The average molecular weight is 300 g/mol. The van der Waals surface area contributed by atoms with Gasteiger partial charge >= 0.3 is 0 Å². The third-order valence-corrected chi connectivity index (χ3v) is 6.26. The van der Waals surface area contributed by atoms with Crippen molar-refractivity contribution in [3.8, 4) is 0 Å². The Labute approximate surface area is 120 Å². The molecule has 1 aliphatic rings. The Bertz CT molecular complexity index is 593. The van der Waals surface area contributed by atoms with Crippen molar-refractivity contribution in [1.29, 1.82) is 0 Å². The van der Waals surface area contributed by atoms with Gasteiger partial charge in [-0.1, -0.05) is 0 Å². The van der Waals surface area contributed by atoms with E-state index in [1.54, 1.807) is 13.8 Å². The summed E-state index contributed by atoms with van der Waals surface area (Å²) >= 11 is 0. The first-order chi connectivity index (χ1) is 9.25. The summed E-state index contributed by atoms with van der Waals surface area (Å²) < 4.78 is 40.6. The second-order valence-corrected chi connectivity index (χ2v) is 7.30. The number of piperazine rings is 1. The van der Waals surface area contributed by atoms with Crippen LogP contribution >= 0.6 is 0 Å². The maximum Gasteiger partial charge on any atom is 0.243 e. The SMILES string of the molecule is Cc1cc(F)cc(C)c1S(=O)(=O)N1CCNC(C)C1C. The molecule has 0 aromatic heterocycles. The molecule has 4 nitrogen and oxygen atoms in total. The molecule has 112 valence electrons. The van der Waals surface area contributed by atoms with Crippen molar-refractivity contribution in [1.82, 2.24) is 9.62 Å². The number of sulfonamides is 1. The molecule has 0 amide bonds. The topological polar surface area (TPSA) is 49.4 Å². The zero-order chi connectivity index (χ0) is 15.1. The highest BCUT2D eigenvalue weighted by Gasteiger charge is 2.36. The number of hydrogen-bond acceptors (Lipinski definition) is 3. The molecule has 2 unspecified atom stereocenters. The molecule has 2 atom stereocenters. The van der Waals surface area contributed by atoms with E-state index in [9.17, 15) is 12.8 Å². The second-order valence-electron chi connectivity index (χ2n) is 5.47. The van der Waals surface area contributed by atoms with Gasteiger partial charge in [-0.15, -0.1) is 0 Å². The lowest BCUT2D eigenvalue weighted by Crippen LogP contribution is -2.57. The van der Waals surface area contributed by atoms with Gasteiger partial charge in [0.2, 0.25) is 10.0 Å². The van der Waals surface area contributed by atoms with Crippen LogP contribution in [0.2, 0.25) is 0 Å². The van der Waals surface area contributed by atoms with E-state index in [-0.39, 0.29) is 17.0 Å². The van der Waals surface area contributed by atoms with E-state index in [1.165, 1.54) is 16.4 Å². The highest BCUT2D eigenvalue weighted by Crippen LogP contribution is 2.27. The van der Waals surface area contributed by atoms with Gasteiger partial charge in [0.05, 0.1) is 4.90 Å². The van der Waals surface area contributed by atoms with Crippen LogP contribution in [-0.2, 0) is 10.0 Å². The van der Waals surface area contributed by atoms with E-state index < -0.39 is 15.8 Å². The van der Waals surface area contributed by atoms with E-state index in [0.717, 1.165) is 0 Å². The normalized spacial score (nSPS) is 24.9. The Morgan fingerprint density at radius 1 is 1.25 bits per heavy atom. The van der Waals surface area contributed by atoms with Crippen molar-refractivity contribution < 1.29 is 12.8 Å². The first-order valence-electron chi connectivity index (χ1n) is 6.77. The zero-order valence-electron chi connectivity index (χ0n) is 12.3. The molecule has 1 aromatic carbocycles. The fourth-order valence-corrected chi connectivity index (χ4v) is 4.90. The Balaban J connectivity index is 2.50. The van der Waals surface area contributed by atoms with Crippen molar-refractivity contribution in [3.05, 3.63) is 29.1 Å². The zero-order valence-corrected chi connectivity index (χ0v) is 13.1. The molecule has 1 N–H and O–H groups in total. The number of nitrogens with zero attached hydrogens (tertiary/aromatic N) is 1. The lowest BCUT2D eigenvalue weighted by Gasteiger charge is -2.38. The van der Waals surface area contributed by atoms with Gasteiger partial charge in [-0.2, -0.15) is 4.31 Å². The minimum absolute atomic E-state index is 0.0968. The monoisotopic (exact) mass is 300 g/mol. The summed E-state index contributed by atoms with van der Waals surface area (Å²) in [6.07, 6.45) is 0. The van der Waals surface area contributed by atoms with E-state index in [0.29, 0.717) is 24.2 Å². The quantitative estimate of drug-likeness (QED) is 0.906. The van der Waals surface area contributed by atoms with Gasteiger partial charge in [0.1, 0.15) is 5.82 Å². The van der Waals surface area contributed by atoms with Gasteiger partial charge in [0.25, 0.3) is 0 Å². The molecular weight excluding hydrogens is 279 g/mol. The standard InChI is InChI=1S/C14H21FN2O2S/c1-9-7-13(15)8-10(2)14(9)20(18,19)17-6-5-16-11(3)12(17)4/h7-8,11-12,16H,5-6H2,1-4H3. The van der Waals surface area contributed by atoms with Crippen LogP contribution in [0, 0.1) is 19.7 Å². The number of rotatable bonds is 2. The first kappa shape index (κ1) is 15.4. The van der Waals surface area contributed by atoms with Crippen molar-refractivity contribution in [2.45, 2.75) is 44.7 Å². The largest absolute Gasteiger partial charge is 0.311 e. The fourth-order valence-electron chi connectivity index (χ4n) is 2.79. The van der Waals surface area contributed by atoms with Crippen LogP contribution in [0.1, 0.15) is 25.0 Å². The van der Waals surface area contributed by atoms with Crippen LogP contribution in [0.25, 0.3) is 0 Å². The third-order valence-electron chi connectivity index (χ3n) is 3.97. The molecule has 1 saturated heterocycles. The fraction of sp³-hybridized carbons (Fsp3) is 0.571. The van der Waals surface area contributed by atoms with Crippen molar-refractivity contribution in [2.24, 2.45) is 0 Å². The van der Waals surface area contributed by atoms with E-state index in [1.807, 2.05) is 13.8 Å². The van der Waals surface area contributed by atoms with Crippen molar-refractivity contribution in [3.63, 3.8) is 0 Å². The van der Waals surface area contributed by atoms with Gasteiger partial charge < -0.3 is 5.32 Å². The average Bonchev–Trinajstić information content (AvgIpc) is 2.30. The Morgan fingerprint density at radius 2 is 1.80 bits per heavy atom. The molecule has 0 radical (unpaired) electrons. The summed E-state index contributed by atoms with van der Waals surface area (Å²) in [5.74, 6) is -0.402. The molecule has 2 rings (SSSR count). The van der Waals surface area contributed by atoms with Crippen LogP contribution in [0.15, 0.2) is 17.0 Å².